The van der Waals surface area contributed by atoms with Gasteiger partial charge in [0.1, 0.15) is 5.82 Å². The number of hydrogen-bond acceptors (Lipinski definition) is 2. The van der Waals surface area contributed by atoms with E-state index in [9.17, 15) is 4.39 Å². The highest BCUT2D eigenvalue weighted by Crippen LogP contribution is 2.29. The molecule has 1 aromatic heterocycles. The van der Waals surface area contributed by atoms with Crippen molar-refractivity contribution in [1.29, 1.82) is 0 Å². The minimum atomic E-state index is -0.215. The molecule has 0 spiro atoms. The fraction of sp³-hybridized carbons (Fsp3) is 0.438. The second kappa shape index (κ2) is 7.18. The van der Waals surface area contributed by atoms with Gasteiger partial charge in [-0.3, -0.25) is 4.68 Å². The molecule has 0 amide bonds. The molecule has 2 aromatic rings. The predicted molar refractivity (Wildman–Crippen MR) is 86.9 cm³/mol. The molecule has 0 saturated heterocycles. The van der Waals surface area contributed by atoms with E-state index in [4.69, 9.17) is 0 Å². The minimum absolute atomic E-state index is 0.191. The highest BCUT2D eigenvalue weighted by molar-refractivity contribution is 9.10. The molecule has 1 N–H and O–H groups in total. The van der Waals surface area contributed by atoms with Crippen LogP contribution in [0.15, 0.2) is 28.7 Å². The third-order valence-electron chi connectivity index (χ3n) is 3.42. The summed E-state index contributed by atoms with van der Waals surface area (Å²) >= 11 is 3.27. The van der Waals surface area contributed by atoms with E-state index in [1.807, 2.05) is 36.7 Å². The van der Waals surface area contributed by atoms with Crippen molar-refractivity contribution in [3.8, 4) is 0 Å². The van der Waals surface area contributed by atoms with Crippen molar-refractivity contribution in [3.05, 3.63) is 51.5 Å². The van der Waals surface area contributed by atoms with Gasteiger partial charge in [-0.15, -0.1) is 0 Å². The molecule has 0 aliphatic heterocycles. The summed E-state index contributed by atoms with van der Waals surface area (Å²) in [5.41, 5.74) is 2.60. The van der Waals surface area contributed by atoms with Crippen LogP contribution < -0.4 is 5.32 Å². The summed E-state index contributed by atoms with van der Waals surface area (Å²) in [6, 6.07) is 7.25. The van der Waals surface area contributed by atoms with Crippen LogP contribution in [0.4, 0.5) is 4.39 Å². The van der Waals surface area contributed by atoms with Gasteiger partial charge in [0.05, 0.1) is 21.9 Å². The van der Waals surface area contributed by atoms with Crippen molar-refractivity contribution in [1.82, 2.24) is 15.1 Å². The number of nitrogens with zero attached hydrogens (tertiary/aromatic N) is 2. The van der Waals surface area contributed by atoms with Crippen LogP contribution in [0.25, 0.3) is 0 Å². The Kier molecular flexibility index (Phi) is 5.53. The maximum absolute atomic E-state index is 14.5. The lowest BCUT2D eigenvalue weighted by molar-refractivity contribution is 0.503. The van der Waals surface area contributed by atoms with Crippen LogP contribution in [-0.2, 0) is 6.54 Å². The summed E-state index contributed by atoms with van der Waals surface area (Å²) < 4.78 is 16.9. The summed E-state index contributed by atoms with van der Waals surface area (Å²) in [7, 11) is 0. The van der Waals surface area contributed by atoms with Crippen LogP contribution in [0.5, 0.6) is 0 Å². The number of benzene rings is 1. The molecule has 3 nitrogen and oxygen atoms in total. The van der Waals surface area contributed by atoms with Crippen molar-refractivity contribution in [2.45, 2.75) is 39.8 Å². The predicted octanol–water partition coefficient (Wildman–Crippen LogP) is 4.20. The molecule has 0 aliphatic carbocycles. The van der Waals surface area contributed by atoms with E-state index in [0.29, 0.717) is 10.0 Å². The lowest BCUT2D eigenvalue weighted by atomic mass is 10.0. The fourth-order valence-corrected chi connectivity index (χ4v) is 2.84. The first-order chi connectivity index (χ1) is 10.1. The molecule has 0 fully saturated rings. The monoisotopic (exact) mass is 353 g/mol. The molecular formula is C16H21BrFN3. The quantitative estimate of drug-likeness (QED) is 0.843. The first-order valence-electron chi connectivity index (χ1n) is 7.30. The average Bonchev–Trinajstić information content (AvgIpc) is 2.84. The summed E-state index contributed by atoms with van der Waals surface area (Å²) in [6.07, 6.45) is 0.991. The minimum Gasteiger partial charge on any atom is -0.305 e. The van der Waals surface area contributed by atoms with Crippen LogP contribution in [0.3, 0.4) is 0 Å². The molecule has 1 aromatic carbocycles. The van der Waals surface area contributed by atoms with Crippen molar-refractivity contribution in [2.75, 3.05) is 6.54 Å². The van der Waals surface area contributed by atoms with Gasteiger partial charge < -0.3 is 5.32 Å². The second-order valence-corrected chi connectivity index (χ2v) is 5.91. The Morgan fingerprint density at radius 1 is 1.38 bits per heavy atom. The van der Waals surface area contributed by atoms with Gasteiger partial charge in [-0.2, -0.15) is 5.10 Å². The van der Waals surface area contributed by atoms with Crippen molar-refractivity contribution < 1.29 is 4.39 Å². The first kappa shape index (κ1) is 16.2. The molecular weight excluding hydrogens is 333 g/mol. The maximum atomic E-state index is 14.5. The Bertz CT molecular complexity index is 610. The van der Waals surface area contributed by atoms with Crippen LogP contribution in [0.2, 0.25) is 0 Å². The molecule has 114 valence electrons. The Hall–Kier alpha value is -1.20. The van der Waals surface area contributed by atoms with Gasteiger partial charge in [-0.25, -0.2) is 4.39 Å². The van der Waals surface area contributed by atoms with E-state index in [2.05, 4.69) is 33.3 Å². The Balaban J connectivity index is 2.49. The summed E-state index contributed by atoms with van der Waals surface area (Å²) in [5.74, 6) is -0.215. The molecule has 0 bridgehead atoms. The van der Waals surface area contributed by atoms with Gasteiger partial charge in [0.15, 0.2) is 0 Å². The zero-order valence-electron chi connectivity index (χ0n) is 12.7. The van der Waals surface area contributed by atoms with E-state index in [-0.39, 0.29) is 11.9 Å². The van der Waals surface area contributed by atoms with Crippen LogP contribution in [0.1, 0.15) is 43.3 Å². The largest absolute Gasteiger partial charge is 0.305 e. The van der Waals surface area contributed by atoms with E-state index >= 15 is 0 Å². The normalized spacial score (nSPS) is 12.6. The first-order valence-corrected chi connectivity index (χ1v) is 8.09. The third-order valence-corrected chi connectivity index (χ3v) is 4.03. The smallest absolute Gasteiger partial charge is 0.142 e. The summed E-state index contributed by atoms with van der Waals surface area (Å²) in [6.45, 7) is 7.70. The number of nitrogens with one attached hydrogen (secondary N) is 1. The molecule has 1 unspecified atom stereocenters. The Morgan fingerprint density at radius 3 is 2.81 bits per heavy atom. The zero-order chi connectivity index (χ0) is 15.4. The van der Waals surface area contributed by atoms with Crippen molar-refractivity contribution >= 4 is 15.9 Å². The van der Waals surface area contributed by atoms with Crippen molar-refractivity contribution in [2.24, 2.45) is 0 Å². The van der Waals surface area contributed by atoms with E-state index < -0.39 is 0 Å². The molecule has 2 rings (SSSR count). The van der Waals surface area contributed by atoms with Gasteiger partial charge in [0.2, 0.25) is 0 Å². The highest BCUT2D eigenvalue weighted by atomic mass is 79.9. The molecule has 1 heterocycles. The summed E-state index contributed by atoms with van der Waals surface area (Å²) in [4.78, 5) is 0. The molecule has 0 radical (unpaired) electrons. The maximum Gasteiger partial charge on any atom is 0.142 e. The molecule has 5 heteroatoms. The number of hydrogen-bond donors (Lipinski definition) is 1. The SMILES string of the molecule is CCCNC(c1cccc(Br)c1F)c1cc(C)nn1CC. The average molecular weight is 354 g/mol. The molecule has 1 atom stereocenters. The lowest BCUT2D eigenvalue weighted by Crippen LogP contribution is -2.26. The van der Waals surface area contributed by atoms with E-state index in [1.54, 1.807) is 6.07 Å². The van der Waals surface area contributed by atoms with Crippen LogP contribution in [-0.4, -0.2) is 16.3 Å². The van der Waals surface area contributed by atoms with Gasteiger partial charge in [-0.1, -0.05) is 19.1 Å². The van der Waals surface area contributed by atoms with Gasteiger partial charge >= 0.3 is 0 Å². The van der Waals surface area contributed by atoms with Crippen LogP contribution in [0, 0.1) is 12.7 Å². The lowest BCUT2D eigenvalue weighted by Gasteiger charge is -2.21. The number of aromatic nitrogens is 2. The van der Waals surface area contributed by atoms with Gasteiger partial charge in [-0.05, 0) is 54.9 Å². The van der Waals surface area contributed by atoms with Gasteiger partial charge in [0, 0.05) is 12.1 Å². The number of halogens is 2. The zero-order valence-corrected chi connectivity index (χ0v) is 14.2. The second-order valence-electron chi connectivity index (χ2n) is 5.06. The standard InChI is InChI=1S/C16H21BrFN3/c1-4-9-19-16(12-7-6-8-13(17)15(12)18)14-10-11(3)20-21(14)5-2/h6-8,10,16,19H,4-5,9H2,1-3H3. The molecule has 0 saturated carbocycles. The van der Waals surface area contributed by atoms with Crippen LogP contribution >= 0.6 is 15.9 Å². The highest BCUT2D eigenvalue weighted by Gasteiger charge is 2.22. The third kappa shape index (κ3) is 3.52. The van der Waals surface area contributed by atoms with Crippen molar-refractivity contribution in [3.63, 3.8) is 0 Å². The van der Waals surface area contributed by atoms with E-state index in [1.165, 1.54) is 0 Å². The summed E-state index contributed by atoms with van der Waals surface area (Å²) in [5, 5.41) is 7.91. The van der Waals surface area contributed by atoms with Gasteiger partial charge in [0.25, 0.3) is 0 Å². The fourth-order valence-electron chi connectivity index (χ4n) is 2.46. The number of rotatable bonds is 6. The Morgan fingerprint density at radius 2 is 2.14 bits per heavy atom. The molecule has 0 aliphatic rings. The topological polar surface area (TPSA) is 29.9 Å². The Labute approximate surface area is 133 Å². The van der Waals surface area contributed by atoms with E-state index in [0.717, 1.165) is 30.9 Å². The number of aryl methyl sites for hydroxylation is 2. The molecule has 21 heavy (non-hydrogen) atoms.